The van der Waals surface area contributed by atoms with Crippen LogP contribution in [0.4, 0.5) is 5.69 Å². The van der Waals surface area contributed by atoms with Gasteiger partial charge >= 0.3 is 0 Å². The van der Waals surface area contributed by atoms with E-state index in [1.165, 1.54) is 4.68 Å². The standard InChI is InChI=1S/C21H27N3O2/c1-13(2)11-19-15(5)23-24(16(19)6)21(26)17-7-9-18(10-8-17)22-20(25)12-14(3)4/h7-10,14H,1,11-12H2,2-6H3,(H,22,25). The maximum Gasteiger partial charge on any atom is 0.278 e. The van der Waals surface area contributed by atoms with Gasteiger partial charge in [0.1, 0.15) is 0 Å². The van der Waals surface area contributed by atoms with E-state index in [2.05, 4.69) is 17.0 Å². The lowest BCUT2D eigenvalue weighted by Crippen LogP contribution is -2.16. The molecular weight excluding hydrogens is 326 g/mol. The summed E-state index contributed by atoms with van der Waals surface area (Å²) in [6.45, 7) is 13.7. The van der Waals surface area contributed by atoms with Gasteiger partial charge in [0.15, 0.2) is 0 Å². The van der Waals surface area contributed by atoms with E-state index in [4.69, 9.17) is 0 Å². The minimum atomic E-state index is -0.182. The second-order valence-electron chi connectivity index (χ2n) is 7.22. The third-order valence-electron chi connectivity index (χ3n) is 4.12. The topological polar surface area (TPSA) is 64.0 Å². The second-order valence-corrected chi connectivity index (χ2v) is 7.22. The van der Waals surface area contributed by atoms with Gasteiger partial charge in [-0.3, -0.25) is 9.59 Å². The molecule has 0 radical (unpaired) electrons. The molecule has 0 unspecified atom stereocenters. The van der Waals surface area contributed by atoms with Crippen LogP contribution >= 0.6 is 0 Å². The zero-order valence-electron chi connectivity index (χ0n) is 16.2. The number of aromatic nitrogens is 2. The molecule has 2 rings (SSSR count). The molecule has 2 aromatic rings. The molecule has 1 aromatic heterocycles. The summed E-state index contributed by atoms with van der Waals surface area (Å²) in [4.78, 5) is 24.6. The van der Waals surface area contributed by atoms with Gasteiger partial charge in [-0.15, -0.1) is 0 Å². The third kappa shape index (κ3) is 4.69. The number of hydrogen-bond donors (Lipinski definition) is 1. The van der Waals surface area contributed by atoms with E-state index < -0.39 is 0 Å². The van der Waals surface area contributed by atoms with E-state index >= 15 is 0 Å². The third-order valence-corrected chi connectivity index (χ3v) is 4.12. The molecule has 5 nitrogen and oxygen atoms in total. The Balaban J connectivity index is 2.18. The van der Waals surface area contributed by atoms with Crippen LogP contribution in [0.15, 0.2) is 36.4 Å². The van der Waals surface area contributed by atoms with Gasteiger partial charge in [-0.1, -0.05) is 26.0 Å². The number of anilines is 1. The van der Waals surface area contributed by atoms with Crippen molar-refractivity contribution in [1.82, 2.24) is 9.78 Å². The number of carbonyl (C=O) groups excluding carboxylic acids is 2. The molecule has 1 N–H and O–H groups in total. The average Bonchev–Trinajstić information content (AvgIpc) is 2.82. The Morgan fingerprint density at radius 1 is 1.19 bits per heavy atom. The maximum absolute atomic E-state index is 12.8. The highest BCUT2D eigenvalue weighted by Crippen LogP contribution is 2.19. The van der Waals surface area contributed by atoms with Crippen LogP contribution < -0.4 is 5.32 Å². The molecule has 5 heteroatoms. The zero-order chi connectivity index (χ0) is 19.4. The fourth-order valence-corrected chi connectivity index (χ4v) is 2.83. The minimum Gasteiger partial charge on any atom is -0.326 e. The van der Waals surface area contributed by atoms with Gasteiger partial charge in [0.05, 0.1) is 5.69 Å². The fraction of sp³-hybridized carbons (Fsp3) is 0.381. The molecule has 138 valence electrons. The molecule has 0 aliphatic carbocycles. The number of aryl methyl sites for hydroxylation is 1. The summed E-state index contributed by atoms with van der Waals surface area (Å²) in [7, 11) is 0. The van der Waals surface area contributed by atoms with Gasteiger partial charge in [0.25, 0.3) is 5.91 Å². The Morgan fingerprint density at radius 3 is 2.35 bits per heavy atom. The average molecular weight is 353 g/mol. The molecule has 26 heavy (non-hydrogen) atoms. The normalized spacial score (nSPS) is 10.8. The summed E-state index contributed by atoms with van der Waals surface area (Å²) in [6.07, 6.45) is 1.18. The Kier molecular flexibility index (Phi) is 6.14. The van der Waals surface area contributed by atoms with E-state index in [9.17, 15) is 9.59 Å². The Bertz CT molecular complexity index is 830. The molecule has 0 saturated carbocycles. The first-order valence-electron chi connectivity index (χ1n) is 8.83. The molecule has 1 amide bonds. The Morgan fingerprint density at radius 2 is 1.81 bits per heavy atom. The van der Waals surface area contributed by atoms with Crippen molar-refractivity contribution in [2.45, 2.75) is 47.5 Å². The maximum atomic E-state index is 12.8. The summed E-state index contributed by atoms with van der Waals surface area (Å²) in [5.41, 5.74) is 4.97. The van der Waals surface area contributed by atoms with E-state index in [1.807, 2.05) is 34.6 Å². The van der Waals surface area contributed by atoms with Gasteiger partial charge < -0.3 is 5.32 Å². The largest absolute Gasteiger partial charge is 0.326 e. The van der Waals surface area contributed by atoms with Crippen LogP contribution in [0.5, 0.6) is 0 Å². The predicted octanol–water partition coefficient (Wildman–Crippen LogP) is 4.29. The van der Waals surface area contributed by atoms with Gasteiger partial charge in [0.2, 0.25) is 5.91 Å². The van der Waals surface area contributed by atoms with Crippen molar-refractivity contribution < 1.29 is 9.59 Å². The highest BCUT2D eigenvalue weighted by Gasteiger charge is 2.18. The number of allylic oxidation sites excluding steroid dienone is 1. The minimum absolute atomic E-state index is 0.0259. The zero-order valence-corrected chi connectivity index (χ0v) is 16.2. The quantitative estimate of drug-likeness (QED) is 0.788. The highest BCUT2D eigenvalue weighted by atomic mass is 16.2. The van der Waals surface area contributed by atoms with Gasteiger partial charge in [0, 0.05) is 28.9 Å². The lowest BCUT2D eigenvalue weighted by molar-refractivity contribution is -0.116. The van der Waals surface area contributed by atoms with Crippen LogP contribution in [0.3, 0.4) is 0 Å². The predicted molar refractivity (Wildman–Crippen MR) is 104 cm³/mol. The smallest absolute Gasteiger partial charge is 0.278 e. The fourth-order valence-electron chi connectivity index (χ4n) is 2.83. The molecule has 0 saturated heterocycles. The lowest BCUT2D eigenvalue weighted by Gasteiger charge is -2.08. The Hall–Kier alpha value is -2.69. The summed E-state index contributed by atoms with van der Waals surface area (Å²) in [6, 6.07) is 6.91. The van der Waals surface area contributed by atoms with E-state index in [0.29, 0.717) is 30.0 Å². The SMILES string of the molecule is C=C(C)Cc1c(C)nn(C(=O)c2ccc(NC(=O)CC(C)C)cc2)c1C. The number of carbonyl (C=O) groups is 2. The van der Waals surface area contributed by atoms with Crippen molar-refractivity contribution in [3.8, 4) is 0 Å². The van der Waals surface area contributed by atoms with Crippen molar-refractivity contribution in [2.75, 3.05) is 5.32 Å². The summed E-state index contributed by atoms with van der Waals surface area (Å²) in [5.74, 6) is 0.0935. The van der Waals surface area contributed by atoms with Crippen molar-refractivity contribution in [3.63, 3.8) is 0 Å². The molecular formula is C21H27N3O2. The van der Waals surface area contributed by atoms with E-state index in [0.717, 1.165) is 22.5 Å². The van der Waals surface area contributed by atoms with Crippen LogP contribution in [-0.2, 0) is 11.2 Å². The van der Waals surface area contributed by atoms with E-state index in [1.54, 1.807) is 24.3 Å². The monoisotopic (exact) mass is 353 g/mol. The van der Waals surface area contributed by atoms with Crippen molar-refractivity contribution >= 4 is 17.5 Å². The van der Waals surface area contributed by atoms with Crippen molar-refractivity contribution in [3.05, 3.63) is 58.9 Å². The molecule has 0 fully saturated rings. The number of nitrogens with one attached hydrogen (secondary N) is 1. The van der Waals surface area contributed by atoms with Crippen LogP contribution in [0.25, 0.3) is 0 Å². The number of rotatable bonds is 6. The summed E-state index contributed by atoms with van der Waals surface area (Å²) >= 11 is 0. The van der Waals surface area contributed by atoms with Crippen LogP contribution in [0, 0.1) is 19.8 Å². The van der Waals surface area contributed by atoms with E-state index in [-0.39, 0.29) is 11.8 Å². The molecule has 1 heterocycles. The number of amides is 1. The van der Waals surface area contributed by atoms with Crippen molar-refractivity contribution in [2.24, 2.45) is 5.92 Å². The molecule has 0 atom stereocenters. The lowest BCUT2D eigenvalue weighted by atomic mass is 10.1. The molecule has 1 aromatic carbocycles. The summed E-state index contributed by atoms with van der Waals surface area (Å²) < 4.78 is 1.44. The number of hydrogen-bond acceptors (Lipinski definition) is 3. The first kappa shape index (κ1) is 19.6. The highest BCUT2D eigenvalue weighted by molar-refractivity contribution is 5.97. The number of nitrogens with zero attached hydrogens (tertiary/aromatic N) is 2. The van der Waals surface area contributed by atoms with Crippen LogP contribution in [0.2, 0.25) is 0 Å². The van der Waals surface area contributed by atoms with Gasteiger partial charge in [-0.2, -0.15) is 5.10 Å². The second kappa shape index (κ2) is 8.13. The van der Waals surface area contributed by atoms with Crippen LogP contribution in [0.1, 0.15) is 54.5 Å². The first-order valence-corrected chi connectivity index (χ1v) is 8.83. The molecule has 0 aliphatic heterocycles. The Labute approximate surface area is 155 Å². The summed E-state index contributed by atoms with van der Waals surface area (Å²) in [5, 5.41) is 7.24. The van der Waals surface area contributed by atoms with Gasteiger partial charge in [-0.05, 0) is 57.4 Å². The van der Waals surface area contributed by atoms with Gasteiger partial charge in [-0.25, -0.2) is 4.68 Å². The molecule has 0 aliphatic rings. The molecule has 0 spiro atoms. The first-order chi connectivity index (χ1) is 12.2. The van der Waals surface area contributed by atoms with Crippen LogP contribution in [-0.4, -0.2) is 21.6 Å². The van der Waals surface area contributed by atoms with Crippen molar-refractivity contribution in [1.29, 1.82) is 0 Å². The molecule has 0 bridgehead atoms. The number of benzene rings is 1.